The molecule has 2 heterocycles. The van der Waals surface area contributed by atoms with Crippen LogP contribution >= 0.6 is 0 Å². The van der Waals surface area contributed by atoms with Gasteiger partial charge in [-0.3, -0.25) is 9.59 Å². The summed E-state index contributed by atoms with van der Waals surface area (Å²) < 4.78 is 1.63. The number of nitrogens with zero attached hydrogens (tertiary/aromatic N) is 4. The van der Waals surface area contributed by atoms with E-state index in [0.29, 0.717) is 29.8 Å². The Hall–Kier alpha value is -3.00. The number of hydrogen-bond donors (Lipinski definition) is 2. The highest BCUT2D eigenvalue weighted by Gasteiger charge is 2.13. The highest BCUT2D eigenvalue weighted by Crippen LogP contribution is 2.13. The Labute approximate surface area is 157 Å². The van der Waals surface area contributed by atoms with Crippen LogP contribution in [0.15, 0.2) is 41.3 Å². The van der Waals surface area contributed by atoms with Crippen molar-refractivity contribution in [2.75, 3.05) is 20.6 Å². The summed E-state index contributed by atoms with van der Waals surface area (Å²) in [5.41, 5.74) is 1.06. The number of fused-ring (bicyclic) bond motifs is 1. The van der Waals surface area contributed by atoms with Gasteiger partial charge >= 0.3 is 0 Å². The fourth-order valence-electron chi connectivity index (χ4n) is 2.60. The monoisotopic (exact) mass is 368 g/mol. The molecular formula is C19H24N6O2. The van der Waals surface area contributed by atoms with E-state index in [1.54, 1.807) is 4.68 Å². The van der Waals surface area contributed by atoms with Crippen molar-refractivity contribution in [3.8, 4) is 5.69 Å². The van der Waals surface area contributed by atoms with Crippen molar-refractivity contribution in [1.29, 1.82) is 0 Å². The third-order valence-electron chi connectivity index (χ3n) is 4.55. The molecule has 0 aliphatic rings. The minimum atomic E-state index is -0.251. The molecule has 0 unspecified atom stereocenters. The van der Waals surface area contributed by atoms with Gasteiger partial charge in [0.25, 0.3) is 5.56 Å². The molecule has 2 aromatic heterocycles. The molecule has 1 atom stereocenters. The number of aromatic nitrogens is 4. The number of aromatic amines is 1. The Morgan fingerprint density at radius 3 is 2.74 bits per heavy atom. The minimum absolute atomic E-state index is 0.0667. The standard InChI is InChI=1S/C19H24N6O2/c1-13(24(2)3)11-20-17(26)10-9-16-22-18-15(19(27)23-16)12-21-25(18)14-7-5-4-6-8-14/h4-8,12-13H,9-11H2,1-3H3,(H,20,26)(H,22,23,27)/t13-/m0/s1. The molecule has 0 bridgehead atoms. The van der Waals surface area contributed by atoms with E-state index < -0.39 is 0 Å². The number of aryl methyl sites for hydroxylation is 1. The van der Waals surface area contributed by atoms with E-state index in [2.05, 4.69) is 20.4 Å². The van der Waals surface area contributed by atoms with Gasteiger partial charge in [0.1, 0.15) is 11.2 Å². The number of nitrogens with one attached hydrogen (secondary N) is 2. The normalized spacial score (nSPS) is 12.4. The Bertz CT molecular complexity index is 977. The average Bonchev–Trinajstić information content (AvgIpc) is 3.09. The first-order valence-electron chi connectivity index (χ1n) is 8.91. The first kappa shape index (κ1) is 18.8. The second-order valence-electron chi connectivity index (χ2n) is 6.76. The van der Waals surface area contributed by atoms with Crippen LogP contribution in [0.2, 0.25) is 0 Å². The summed E-state index contributed by atoms with van der Waals surface area (Å²) in [6.07, 6.45) is 2.12. The zero-order valence-corrected chi connectivity index (χ0v) is 15.8. The maximum atomic E-state index is 12.3. The van der Waals surface area contributed by atoms with Gasteiger partial charge < -0.3 is 15.2 Å². The van der Waals surface area contributed by atoms with E-state index in [4.69, 9.17) is 0 Å². The predicted molar refractivity (Wildman–Crippen MR) is 104 cm³/mol. The highest BCUT2D eigenvalue weighted by molar-refractivity contribution is 5.77. The molecule has 1 aromatic carbocycles. The molecule has 1 amide bonds. The average molecular weight is 368 g/mol. The smallest absolute Gasteiger partial charge is 0.262 e. The molecule has 0 radical (unpaired) electrons. The number of para-hydroxylation sites is 1. The summed E-state index contributed by atoms with van der Waals surface area (Å²) in [4.78, 5) is 33.7. The first-order valence-corrected chi connectivity index (χ1v) is 8.91. The van der Waals surface area contributed by atoms with E-state index in [-0.39, 0.29) is 23.9 Å². The highest BCUT2D eigenvalue weighted by atomic mass is 16.1. The van der Waals surface area contributed by atoms with Gasteiger partial charge in [0.05, 0.1) is 11.9 Å². The van der Waals surface area contributed by atoms with Gasteiger partial charge in [-0.25, -0.2) is 9.67 Å². The SMILES string of the molecule is C[C@@H](CNC(=O)CCc1nc2c(cnn2-c2ccccc2)c(=O)[nH]1)N(C)C. The number of hydrogen-bond acceptors (Lipinski definition) is 5. The second-order valence-corrected chi connectivity index (χ2v) is 6.76. The van der Waals surface area contributed by atoms with Crippen LogP contribution in [0.3, 0.4) is 0 Å². The number of amides is 1. The van der Waals surface area contributed by atoms with Gasteiger partial charge in [0.15, 0.2) is 5.65 Å². The van der Waals surface area contributed by atoms with E-state index in [1.807, 2.05) is 56.3 Å². The maximum absolute atomic E-state index is 12.3. The summed E-state index contributed by atoms with van der Waals surface area (Å²) in [6.45, 7) is 2.62. The number of benzene rings is 1. The third kappa shape index (κ3) is 4.40. The quantitative estimate of drug-likeness (QED) is 0.651. The number of rotatable bonds is 7. The van der Waals surface area contributed by atoms with Crippen LogP contribution in [-0.4, -0.2) is 57.2 Å². The number of H-pyrrole nitrogens is 1. The third-order valence-corrected chi connectivity index (χ3v) is 4.55. The Morgan fingerprint density at radius 1 is 1.30 bits per heavy atom. The lowest BCUT2D eigenvalue weighted by molar-refractivity contribution is -0.121. The van der Waals surface area contributed by atoms with Crippen molar-refractivity contribution < 1.29 is 4.79 Å². The van der Waals surface area contributed by atoms with Crippen LogP contribution in [0.5, 0.6) is 0 Å². The summed E-state index contributed by atoms with van der Waals surface area (Å²) in [7, 11) is 3.94. The van der Waals surface area contributed by atoms with Crippen LogP contribution in [0.4, 0.5) is 0 Å². The number of carbonyl (C=O) groups is 1. The molecule has 8 heteroatoms. The lowest BCUT2D eigenvalue weighted by atomic mass is 10.2. The van der Waals surface area contributed by atoms with Crippen molar-refractivity contribution in [2.45, 2.75) is 25.8 Å². The molecule has 3 aromatic rings. The molecule has 3 rings (SSSR count). The molecular weight excluding hydrogens is 344 g/mol. The van der Waals surface area contributed by atoms with Crippen molar-refractivity contribution in [2.24, 2.45) is 0 Å². The molecule has 2 N–H and O–H groups in total. The van der Waals surface area contributed by atoms with Crippen LogP contribution in [0.1, 0.15) is 19.2 Å². The van der Waals surface area contributed by atoms with Crippen LogP contribution in [-0.2, 0) is 11.2 Å². The lowest BCUT2D eigenvalue weighted by Gasteiger charge is -2.19. The van der Waals surface area contributed by atoms with E-state index in [1.165, 1.54) is 6.20 Å². The predicted octanol–water partition coefficient (Wildman–Crippen LogP) is 1.11. The number of carbonyl (C=O) groups excluding carboxylic acids is 1. The maximum Gasteiger partial charge on any atom is 0.262 e. The van der Waals surface area contributed by atoms with Gasteiger partial charge in [0, 0.05) is 25.4 Å². The van der Waals surface area contributed by atoms with Crippen LogP contribution in [0, 0.1) is 0 Å². The minimum Gasteiger partial charge on any atom is -0.355 e. The molecule has 142 valence electrons. The van der Waals surface area contributed by atoms with Crippen LogP contribution < -0.4 is 10.9 Å². The molecule has 0 saturated heterocycles. The summed E-state index contributed by atoms with van der Waals surface area (Å²) in [5.74, 6) is 0.406. The summed E-state index contributed by atoms with van der Waals surface area (Å²) >= 11 is 0. The fraction of sp³-hybridized carbons (Fsp3) is 0.368. The molecule has 0 fully saturated rings. The lowest BCUT2D eigenvalue weighted by Crippen LogP contribution is -2.38. The van der Waals surface area contributed by atoms with Gasteiger partial charge in [-0.05, 0) is 33.2 Å². The van der Waals surface area contributed by atoms with E-state index in [0.717, 1.165) is 5.69 Å². The largest absolute Gasteiger partial charge is 0.355 e. The summed E-state index contributed by atoms with van der Waals surface area (Å²) in [5, 5.41) is 7.60. The zero-order valence-electron chi connectivity index (χ0n) is 15.8. The molecule has 8 nitrogen and oxygen atoms in total. The van der Waals surface area contributed by atoms with Gasteiger partial charge in [-0.15, -0.1) is 0 Å². The molecule has 0 aliphatic heterocycles. The second kappa shape index (κ2) is 8.13. The van der Waals surface area contributed by atoms with Crippen molar-refractivity contribution in [3.05, 3.63) is 52.7 Å². The molecule has 0 spiro atoms. The Balaban J connectivity index is 1.74. The zero-order chi connectivity index (χ0) is 19.4. The van der Waals surface area contributed by atoms with Crippen LogP contribution in [0.25, 0.3) is 16.7 Å². The van der Waals surface area contributed by atoms with Gasteiger partial charge in [-0.1, -0.05) is 18.2 Å². The number of likely N-dealkylation sites (N-methyl/N-ethyl adjacent to an activating group) is 1. The Morgan fingerprint density at radius 2 is 2.04 bits per heavy atom. The topological polar surface area (TPSA) is 95.9 Å². The molecule has 0 aliphatic carbocycles. The molecule has 0 saturated carbocycles. The van der Waals surface area contributed by atoms with Gasteiger partial charge in [-0.2, -0.15) is 5.10 Å². The Kier molecular flexibility index (Phi) is 5.66. The fourth-order valence-corrected chi connectivity index (χ4v) is 2.60. The van der Waals surface area contributed by atoms with E-state index >= 15 is 0 Å². The molecule has 27 heavy (non-hydrogen) atoms. The first-order chi connectivity index (χ1) is 13.0. The van der Waals surface area contributed by atoms with Crippen molar-refractivity contribution >= 4 is 16.9 Å². The van der Waals surface area contributed by atoms with Crippen molar-refractivity contribution in [3.63, 3.8) is 0 Å². The van der Waals surface area contributed by atoms with Crippen molar-refractivity contribution in [1.82, 2.24) is 30.0 Å². The van der Waals surface area contributed by atoms with E-state index in [9.17, 15) is 9.59 Å². The summed E-state index contributed by atoms with van der Waals surface area (Å²) in [6, 6.07) is 9.76. The van der Waals surface area contributed by atoms with Gasteiger partial charge in [0.2, 0.25) is 5.91 Å².